The summed E-state index contributed by atoms with van der Waals surface area (Å²) in [5, 5.41) is 12.3. The van der Waals surface area contributed by atoms with Crippen molar-refractivity contribution >= 4 is 17.2 Å². The van der Waals surface area contributed by atoms with Crippen LogP contribution in [0.15, 0.2) is 23.6 Å². The van der Waals surface area contributed by atoms with E-state index in [2.05, 4.69) is 11.4 Å². The van der Waals surface area contributed by atoms with Crippen LogP contribution >= 0.6 is 11.3 Å². The first-order valence-corrected chi connectivity index (χ1v) is 7.59. The molecule has 20 heavy (non-hydrogen) atoms. The van der Waals surface area contributed by atoms with E-state index in [9.17, 15) is 9.90 Å². The van der Waals surface area contributed by atoms with E-state index in [1.807, 2.05) is 24.8 Å². The number of aryl methyl sites for hydroxylation is 1. The molecule has 104 valence electrons. The number of rotatable bonds is 1. The first-order valence-electron chi connectivity index (χ1n) is 6.71. The zero-order valence-electron chi connectivity index (χ0n) is 11.6. The molecule has 4 heteroatoms. The van der Waals surface area contributed by atoms with Crippen LogP contribution in [0.4, 0.5) is 0 Å². The molecule has 0 saturated carbocycles. The van der Waals surface area contributed by atoms with Crippen LogP contribution in [0.25, 0.3) is 0 Å². The van der Waals surface area contributed by atoms with Gasteiger partial charge in [0.2, 0.25) is 0 Å². The van der Waals surface area contributed by atoms with Gasteiger partial charge in [-0.15, -0.1) is 11.3 Å². The Bertz CT molecular complexity index is 675. The molecule has 1 aliphatic heterocycles. The minimum absolute atomic E-state index is 0.0811. The second-order valence-electron chi connectivity index (χ2n) is 5.25. The van der Waals surface area contributed by atoms with E-state index in [0.29, 0.717) is 12.1 Å². The largest absolute Gasteiger partial charge is 0.507 e. The summed E-state index contributed by atoms with van der Waals surface area (Å²) in [5.74, 6) is 0.0357. The van der Waals surface area contributed by atoms with Crippen LogP contribution in [0.3, 0.4) is 0 Å². The molecule has 2 heterocycles. The fraction of sp³-hybridized carbons (Fsp3) is 0.312. The summed E-state index contributed by atoms with van der Waals surface area (Å²) in [6.45, 7) is 5.14. The first kappa shape index (κ1) is 13.2. The Kier molecular flexibility index (Phi) is 3.26. The Morgan fingerprint density at radius 1 is 1.30 bits per heavy atom. The summed E-state index contributed by atoms with van der Waals surface area (Å²) in [4.78, 5) is 15.8. The number of benzene rings is 1. The molecular formula is C16H17NO2S. The maximum atomic E-state index is 12.6. The third kappa shape index (κ3) is 2.10. The maximum Gasteiger partial charge on any atom is 0.257 e. The monoisotopic (exact) mass is 287 g/mol. The molecule has 0 spiro atoms. The van der Waals surface area contributed by atoms with E-state index >= 15 is 0 Å². The van der Waals surface area contributed by atoms with Crippen molar-refractivity contribution in [2.45, 2.75) is 26.8 Å². The quantitative estimate of drug-likeness (QED) is 0.874. The Hall–Kier alpha value is -1.81. The Morgan fingerprint density at radius 2 is 2.10 bits per heavy atom. The average molecular weight is 287 g/mol. The van der Waals surface area contributed by atoms with Gasteiger partial charge in [-0.3, -0.25) is 4.79 Å². The molecule has 1 aliphatic rings. The molecule has 0 bridgehead atoms. The minimum Gasteiger partial charge on any atom is -0.507 e. The highest BCUT2D eigenvalue weighted by Crippen LogP contribution is 2.29. The van der Waals surface area contributed by atoms with Crippen molar-refractivity contribution < 1.29 is 9.90 Å². The Morgan fingerprint density at radius 3 is 2.90 bits per heavy atom. The maximum absolute atomic E-state index is 12.6. The highest BCUT2D eigenvalue weighted by atomic mass is 32.1. The topological polar surface area (TPSA) is 40.5 Å². The van der Waals surface area contributed by atoms with Crippen molar-refractivity contribution in [3.63, 3.8) is 0 Å². The minimum atomic E-state index is -0.0811. The third-order valence-corrected chi connectivity index (χ3v) is 5.05. The summed E-state index contributed by atoms with van der Waals surface area (Å²) in [6, 6.07) is 5.70. The Labute approximate surface area is 122 Å². The van der Waals surface area contributed by atoms with Crippen LogP contribution in [0, 0.1) is 13.8 Å². The number of nitrogens with zero attached hydrogens (tertiary/aromatic N) is 1. The van der Waals surface area contributed by atoms with E-state index in [-0.39, 0.29) is 11.7 Å². The molecule has 0 fully saturated rings. The summed E-state index contributed by atoms with van der Waals surface area (Å²) in [5.41, 5.74) is 3.42. The molecule has 2 aromatic rings. The predicted octanol–water partition coefficient (Wildman–Crippen LogP) is 3.27. The van der Waals surface area contributed by atoms with Gasteiger partial charge in [-0.25, -0.2) is 0 Å². The van der Waals surface area contributed by atoms with Gasteiger partial charge in [0, 0.05) is 18.0 Å². The lowest BCUT2D eigenvalue weighted by Crippen LogP contribution is -2.35. The standard InChI is InChI=1S/C16H17NO2S/c1-10-3-4-13(15(18)11(10)2)16(19)17-7-5-14-12(9-17)6-8-20-14/h3-4,6,8,18H,5,7,9H2,1-2H3. The van der Waals surface area contributed by atoms with E-state index in [4.69, 9.17) is 0 Å². The lowest BCUT2D eigenvalue weighted by molar-refractivity contribution is 0.0732. The van der Waals surface area contributed by atoms with Crippen molar-refractivity contribution in [1.82, 2.24) is 4.90 Å². The first-order chi connectivity index (χ1) is 9.58. The zero-order chi connectivity index (χ0) is 14.3. The summed E-state index contributed by atoms with van der Waals surface area (Å²) >= 11 is 1.76. The molecule has 1 amide bonds. The molecule has 0 aliphatic carbocycles. The number of carbonyl (C=O) groups is 1. The molecule has 1 aromatic heterocycles. The number of carbonyl (C=O) groups excluding carboxylic acids is 1. The zero-order valence-corrected chi connectivity index (χ0v) is 12.5. The highest BCUT2D eigenvalue weighted by molar-refractivity contribution is 7.10. The predicted molar refractivity (Wildman–Crippen MR) is 80.3 cm³/mol. The number of thiophene rings is 1. The molecular weight excluding hydrogens is 270 g/mol. The van der Waals surface area contributed by atoms with E-state index in [1.165, 1.54) is 10.4 Å². The van der Waals surface area contributed by atoms with Gasteiger partial charge in [-0.2, -0.15) is 0 Å². The molecule has 0 unspecified atom stereocenters. The molecule has 3 nitrogen and oxygen atoms in total. The highest BCUT2D eigenvalue weighted by Gasteiger charge is 2.24. The van der Waals surface area contributed by atoms with Crippen molar-refractivity contribution in [3.8, 4) is 5.75 Å². The number of hydrogen-bond donors (Lipinski definition) is 1. The molecule has 0 atom stereocenters. The van der Waals surface area contributed by atoms with Gasteiger partial charge in [0.1, 0.15) is 5.75 Å². The van der Waals surface area contributed by atoms with Gasteiger partial charge >= 0.3 is 0 Å². The smallest absolute Gasteiger partial charge is 0.257 e. The van der Waals surface area contributed by atoms with Crippen LogP contribution in [0.2, 0.25) is 0 Å². The van der Waals surface area contributed by atoms with Gasteiger partial charge in [-0.05, 0) is 54.5 Å². The fourth-order valence-electron chi connectivity index (χ4n) is 2.57. The van der Waals surface area contributed by atoms with Crippen molar-refractivity contribution in [3.05, 3.63) is 50.7 Å². The SMILES string of the molecule is Cc1ccc(C(=O)N2CCc3sccc3C2)c(O)c1C. The van der Waals surface area contributed by atoms with Crippen LogP contribution in [0.1, 0.15) is 31.9 Å². The van der Waals surface area contributed by atoms with Gasteiger partial charge in [0.05, 0.1) is 5.56 Å². The van der Waals surface area contributed by atoms with Crippen LogP contribution in [-0.2, 0) is 13.0 Å². The number of phenolic OH excluding ortho intramolecular Hbond substituents is 1. The Balaban J connectivity index is 1.89. The van der Waals surface area contributed by atoms with E-state index in [1.54, 1.807) is 17.4 Å². The van der Waals surface area contributed by atoms with E-state index in [0.717, 1.165) is 24.1 Å². The molecule has 0 radical (unpaired) electrons. The number of aromatic hydroxyl groups is 1. The van der Waals surface area contributed by atoms with Crippen molar-refractivity contribution in [2.24, 2.45) is 0 Å². The van der Waals surface area contributed by atoms with Gasteiger partial charge in [0.25, 0.3) is 5.91 Å². The number of phenols is 1. The second-order valence-corrected chi connectivity index (χ2v) is 6.25. The van der Waals surface area contributed by atoms with E-state index < -0.39 is 0 Å². The number of amides is 1. The van der Waals surface area contributed by atoms with Crippen molar-refractivity contribution in [2.75, 3.05) is 6.54 Å². The summed E-state index contributed by atoms with van der Waals surface area (Å²) in [6.07, 6.45) is 0.907. The molecule has 0 saturated heterocycles. The van der Waals surface area contributed by atoms with Gasteiger partial charge in [0.15, 0.2) is 0 Å². The van der Waals surface area contributed by atoms with Crippen molar-refractivity contribution in [1.29, 1.82) is 0 Å². The molecule has 1 N–H and O–H groups in total. The number of hydrogen-bond acceptors (Lipinski definition) is 3. The van der Waals surface area contributed by atoms with Gasteiger partial charge < -0.3 is 10.0 Å². The average Bonchev–Trinajstić information content (AvgIpc) is 2.91. The third-order valence-electron chi connectivity index (χ3n) is 4.03. The fourth-order valence-corrected chi connectivity index (χ4v) is 3.46. The van der Waals surface area contributed by atoms with Crippen LogP contribution < -0.4 is 0 Å². The lowest BCUT2D eigenvalue weighted by atomic mass is 10.0. The lowest BCUT2D eigenvalue weighted by Gasteiger charge is -2.27. The molecule has 3 rings (SSSR count). The summed E-state index contributed by atoms with van der Waals surface area (Å²) < 4.78 is 0. The second kappa shape index (κ2) is 4.94. The van der Waals surface area contributed by atoms with Gasteiger partial charge in [-0.1, -0.05) is 6.07 Å². The van der Waals surface area contributed by atoms with Crippen LogP contribution in [-0.4, -0.2) is 22.5 Å². The summed E-state index contributed by atoms with van der Waals surface area (Å²) in [7, 11) is 0. The normalized spacial score (nSPS) is 14.2. The van der Waals surface area contributed by atoms with Crippen LogP contribution in [0.5, 0.6) is 5.75 Å². The number of fused-ring (bicyclic) bond motifs is 1. The molecule has 1 aromatic carbocycles.